The fourth-order valence-electron chi connectivity index (χ4n) is 0.261. The van der Waals surface area contributed by atoms with Gasteiger partial charge in [0, 0.05) is 0 Å². The summed E-state index contributed by atoms with van der Waals surface area (Å²) in [7, 11) is -21.5. The molecule has 0 aromatic rings. The van der Waals surface area contributed by atoms with Crippen molar-refractivity contribution in [1.82, 2.24) is 0 Å². The number of rotatable bonds is 4. The first-order chi connectivity index (χ1) is 7.41. The summed E-state index contributed by atoms with van der Waals surface area (Å²) in [6.07, 6.45) is 0. The molecule has 0 rings (SSSR count). The molecule has 0 amide bonds. The Balaban J connectivity index is -0.0000000229. The van der Waals surface area contributed by atoms with Crippen LogP contribution in [0.4, 0.5) is 0 Å². The zero-order valence-electron chi connectivity index (χ0n) is 12.4. The zero-order valence-corrected chi connectivity index (χ0v) is 21.4. The van der Waals surface area contributed by atoms with Crippen molar-refractivity contribution in [3.05, 3.63) is 0 Å². The summed E-state index contributed by atoms with van der Waals surface area (Å²) in [5, 5.41) is 0. The van der Waals surface area contributed by atoms with Crippen molar-refractivity contribution in [3.63, 3.8) is 0 Å². The molecule has 12 N–H and O–H groups in total. The molecule has 25 heteroatoms. The standard InChI is InChI=1S/Mg.2Na.2H4O7P2.4H2O/c;;;2*1-8(2,3)7-9(4,5)6;;;;/h;;;2*(H2,1,2,3)(H2,4,5,6);4*1H2/q+2;2*+1;;;;;;/p-4. The molecule has 0 aromatic carbocycles. The normalized spacial score (nSPS) is 17.6. The van der Waals surface area contributed by atoms with E-state index in [4.69, 9.17) is 19.6 Å². The maximum Gasteiger partial charge on any atom is 2.00 e. The predicted molar refractivity (Wildman–Crippen MR) is 61.7 cm³/mol. The van der Waals surface area contributed by atoms with Gasteiger partial charge in [0.25, 0.3) is 31.3 Å². The molecule has 18 nitrogen and oxygen atoms in total. The van der Waals surface area contributed by atoms with Crippen LogP contribution in [0.5, 0.6) is 0 Å². The smallest absolute Gasteiger partial charge is 0.756 e. The zero-order chi connectivity index (χ0) is 15.4. The maximum atomic E-state index is 9.48. The van der Waals surface area contributed by atoms with Crippen LogP contribution in [0.15, 0.2) is 0 Å². The minimum Gasteiger partial charge on any atom is -0.756 e. The molecule has 144 valence electrons. The average molecular weight is 494 g/mol. The van der Waals surface area contributed by atoms with Gasteiger partial charge in [-0.1, -0.05) is 0 Å². The van der Waals surface area contributed by atoms with Crippen LogP contribution in [-0.4, -0.2) is 64.5 Å². The molecule has 0 saturated carbocycles. The summed E-state index contributed by atoms with van der Waals surface area (Å²) >= 11 is 0. The van der Waals surface area contributed by atoms with E-state index in [9.17, 15) is 37.8 Å². The Hall–Kier alpha value is 3.13. The molecule has 0 saturated heterocycles. The monoisotopic (exact) mass is 494 g/mol. The van der Waals surface area contributed by atoms with E-state index in [0.717, 1.165) is 0 Å². The summed E-state index contributed by atoms with van der Waals surface area (Å²) in [6.45, 7) is 0. The van der Waals surface area contributed by atoms with Crippen molar-refractivity contribution in [2.75, 3.05) is 0 Å². The molecule has 0 spiro atoms. The van der Waals surface area contributed by atoms with Crippen molar-refractivity contribution in [1.29, 1.82) is 0 Å². The molecule has 0 aliphatic heterocycles. The second-order valence-corrected chi connectivity index (χ2v) is 7.09. The largest absolute Gasteiger partial charge is 2.00 e. The van der Waals surface area contributed by atoms with Crippen molar-refractivity contribution in [2.24, 2.45) is 0 Å². The molecular weight excluding hydrogens is 482 g/mol. The van der Waals surface area contributed by atoms with Crippen molar-refractivity contribution >= 4 is 54.3 Å². The van der Waals surface area contributed by atoms with E-state index in [-0.39, 0.29) is 104 Å². The van der Waals surface area contributed by atoms with Crippen LogP contribution < -0.4 is 78.7 Å². The molecule has 0 fully saturated rings. The molecular formula is H12MgNa2O18P4. The maximum absolute atomic E-state index is 9.48. The quantitative estimate of drug-likeness (QED) is 0.208. The van der Waals surface area contributed by atoms with Crippen LogP contribution in [0, 0.1) is 0 Å². The van der Waals surface area contributed by atoms with Crippen LogP contribution >= 0.6 is 31.3 Å². The summed E-state index contributed by atoms with van der Waals surface area (Å²) in [5.41, 5.74) is 0. The van der Waals surface area contributed by atoms with E-state index >= 15 is 0 Å². The summed E-state index contributed by atoms with van der Waals surface area (Å²) in [5.74, 6) is 0. The van der Waals surface area contributed by atoms with Gasteiger partial charge in [0.2, 0.25) is 0 Å². The molecule has 0 aliphatic carbocycles. The van der Waals surface area contributed by atoms with E-state index < -0.39 is 31.3 Å². The van der Waals surface area contributed by atoms with Crippen LogP contribution in [-0.2, 0) is 26.9 Å². The van der Waals surface area contributed by atoms with Gasteiger partial charge in [-0.05, 0) is 0 Å². The SMILES string of the molecule is O.O.O.O.O=P([O-])(O)OP(=O)([O-])O.O=P([O-])(O)OP(=O)([O-])O.[Mg+2].[Na+].[Na+]. The minimum atomic E-state index is -5.36. The Morgan fingerprint density at radius 2 is 0.600 bits per heavy atom. The second kappa shape index (κ2) is 21.8. The molecule has 4 atom stereocenters. The van der Waals surface area contributed by atoms with Gasteiger partial charge in [0.05, 0.1) is 0 Å². The van der Waals surface area contributed by atoms with Gasteiger partial charge in [0.1, 0.15) is 0 Å². The molecule has 25 heavy (non-hydrogen) atoms. The van der Waals surface area contributed by atoms with Gasteiger partial charge >= 0.3 is 82.2 Å². The summed E-state index contributed by atoms with van der Waals surface area (Å²) in [6, 6.07) is 0. The van der Waals surface area contributed by atoms with Crippen molar-refractivity contribution < 1.29 is 147 Å². The molecule has 0 aliphatic rings. The fourth-order valence-corrected chi connectivity index (χ4v) is 2.35. The number of hydrogen-bond acceptors (Lipinski definition) is 10. The number of phosphoric acid groups is 4. The fraction of sp³-hybridized carbons (Fsp3) is 0. The van der Waals surface area contributed by atoms with E-state index in [0.29, 0.717) is 0 Å². The van der Waals surface area contributed by atoms with E-state index in [1.807, 2.05) is 0 Å². The van der Waals surface area contributed by atoms with Gasteiger partial charge in [-0.3, -0.25) is 18.3 Å². The van der Waals surface area contributed by atoms with Crippen LogP contribution in [0.2, 0.25) is 0 Å². The van der Waals surface area contributed by atoms with E-state index in [1.165, 1.54) is 0 Å². The van der Waals surface area contributed by atoms with Crippen LogP contribution in [0.25, 0.3) is 0 Å². The average Bonchev–Trinajstić information content (AvgIpc) is 1.64. The summed E-state index contributed by atoms with van der Waals surface area (Å²) < 4.78 is 43.4. The van der Waals surface area contributed by atoms with Gasteiger partial charge < -0.3 is 61.1 Å². The Morgan fingerprint density at radius 1 is 0.520 bits per heavy atom. The molecule has 0 heterocycles. The van der Waals surface area contributed by atoms with Gasteiger partial charge in [-0.15, -0.1) is 0 Å². The molecule has 0 radical (unpaired) electrons. The van der Waals surface area contributed by atoms with Crippen LogP contribution in [0.1, 0.15) is 0 Å². The molecule has 0 bridgehead atoms. The van der Waals surface area contributed by atoms with Gasteiger partial charge in [-0.2, -0.15) is 0 Å². The minimum absolute atomic E-state index is 0. The Bertz CT molecular complexity index is 354. The predicted octanol–water partition coefficient (Wildman–Crippen LogP) is -13.8. The molecule has 0 aromatic heterocycles. The second-order valence-electron chi connectivity index (χ2n) is 2.04. The number of hydrogen-bond donors (Lipinski definition) is 4. The third-order valence-electron chi connectivity index (χ3n) is 0.413. The van der Waals surface area contributed by atoms with Crippen molar-refractivity contribution in [3.8, 4) is 0 Å². The Labute approximate surface area is 199 Å². The van der Waals surface area contributed by atoms with Crippen LogP contribution in [0.3, 0.4) is 0 Å². The topological polar surface area (TPSA) is 386 Å². The third kappa shape index (κ3) is 74.8. The van der Waals surface area contributed by atoms with E-state index in [2.05, 4.69) is 8.62 Å². The first-order valence-electron chi connectivity index (χ1n) is 2.99. The third-order valence-corrected chi connectivity index (χ3v) is 3.71. The van der Waals surface area contributed by atoms with Gasteiger partial charge in [0.15, 0.2) is 0 Å². The first-order valence-corrected chi connectivity index (χ1v) is 8.97. The Morgan fingerprint density at radius 3 is 0.600 bits per heavy atom. The van der Waals surface area contributed by atoms with Gasteiger partial charge in [-0.25, -0.2) is 8.62 Å². The molecule has 4 unspecified atom stereocenters. The van der Waals surface area contributed by atoms with E-state index in [1.54, 1.807) is 0 Å². The summed E-state index contributed by atoms with van der Waals surface area (Å²) in [4.78, 5) is 68.3. The van der Waals surface area contributed by atoms with Crippen molar-refractivity contribution in [2.45, 2.75) is 0 Å². The Kier molecular flexibility index (Phi) is 49.4. The first kappa shape index (κ1) is 56.6.